The number of hydrogen-bond donors (Lipinski definition) is 1. The zero-order valence-electron chi connectivity index (χ0n) is 16.9. The normalized spacial score (nSPS) is 11.0. The van der Waals surface area contributed by atoms with Crippen LogP contribution in [0.3, 0.4) is 0 Å². The van der Waals surface area contributed by atoms with Gasteiger partial charge in [0.05, 0.1) is 18.8 Å². The fraction of sp³-hybridized carbons (Fsp3) is 0.217. The van der Waals surface area contributed by atoms with E-state index in [0.717, 1.165) is 63.2 Å². The molecule has 154 valence electrons. The van der Waals surface area contributed by atoms with Crippen LogP contribution in [0.2, 0.25) is 0 Å². The van der Waals surface area contributed by atoms with Crippen LogP contribution in [0.1, 0.15) is 6.42 Å². The summed E-state index contributed by atoms with van der Waals surface area (Å²) in [6.07, 6.45) is 6.66. The van der Waals surface area contributed by atoms with E-state index in [9.17, 15) is 0 Å². The van der Waals surface area contributed by atoms with E-state index in [-0.39, 0.29) is 0 Å². The zero-order valence-corrected chi connectivity index (χ0v) is 18.5. The highest BCUT2D eigenvalue weighted by atomic mass is 79.9. The fourth-order valence-electron chi connectivity index (χ4n) is 3.34. The summed E-state index contributed by atoms with van der Waals surface area (Å²) in [5.41, 5.74) is 4.93. The third-order valence-electron chi connectivity index (χ3n) is 4.83. The van der Waals surface area contributed by atoms with Crippen LogP contribution < -0.4 is 10.1 Å². The lowest BCUT2D eigenvalue weighted by Gasteiger charge is -2.13. The molecule has 7 heteroatoms. The van der Waals surface area contributed by atoms with Crippen LogP contribution in [0, 0.1) is 0 Å². The van der Waals surface area contributed by atoms with Crippen molar-refractivity contribution in [3.63, 3.8) is 0 Å². The first-order valence-corrected chi connectivity index (χ1v) is 10.5. The van der Waals surface area contributed by atoms with Gasteiger partial charge in [0.2, 0.25) is 0 Å². The molecule has 2 aromatic heterocycles. The SMILES string of the molecule is COCCCn1cc(-c2cc(Nc3ccnc4ccc(Br)cc34)cc(OC)c2)cn1. The second-order valence-corrected chi connectivity index (χ2v) is 7.85. The van der Waals surface area contributed by atoms with Gasteiger partial charge in [0, 0.05) is 65.5 Å². The minimum Gasteiger partial charge on any atom is -0.497 e. The van der Waals surface area contributed by atoms with Crippen LogP contribution in [-0.2, 0) is 11.3 Å². The summed E-state index contributed by atoms with van der Waals surface area (Å²) in [5.74, 6) is 0.779. The average Bonchev–Trinajstić information content (AvgIpc) is 3.23. The van der Waals surface area contributed by atoms with Crippen molar-refractivity contribution < 1.29 is 9.47 Å². The molecule has 0 fully saturated rings. The predicted molar refractivity (Wildman–Crippen MR) is 123 cm³/mol. The molecule has 1 N–H and O–H groups in total. The van der Waals surface area contributed by atoms with Gasteiger partial charge in [0.1, 0.15) is 5.75 Å². The van der Waals surface area contributed by atoms with E-state index < -0.39 is 0 Å². The van der Waals surface area contributed by atoms with Gasteiger partial charge in [-0.15, -0.1) is 0 Å². The van der Waals surface area contributed by atoms with Crippen LogP contribution >= 0.6 is 15.9 Å². The monoisotopic (exact) mass is 466 g/mol. The number of aromatic nitrogens is 3. The van der Waals surface area contributed by atoms with Gasteiger partial charge in [-0.25, -0.2) is 0 Å². The molecule has 0 aliphatic rings. The molecule has 0 aliphatic carbocycles. The molecule has 0 unspecified atom stereocenters. The van der Waals surface area contributed by atoms with E-state index in [1.165, 1.54) is 0 Å². The topological polar surface area (TPSA) is 61.2 Å². The van der Waals surface area contributed by atoms with Gasteiger partial charge < -0.3 is 14.8 Å². The Morgan fingerprint density at radius 1 is 1.07 bits per heavy atom. The Hall–Kier alpha value is -2.90. The number of aryl methyl sites for hydroxylation is 1. The van der Waals surface area contributed by atoms with E-state index in [1.807, 2.05) is 53.6 Å². The maximum Gasteiger partial charge on any atom is 0.121 e. The third kappa shape index (κ3) is 4.63. The summed E-state index contributed by atoms with van der Waals surface area (Å²) in [7, 11) is 3.39. The lowest BCUT2D eigenvalue weighted by atomic mass is 10.1. The number of halogens is 1. The predicted octanol–water partition coefficient (Wildman–Crippen LogP) is 5.65. The molecule has 30 heavy (non-hydrogen) atoms. The minimum absolute atomic E-state index is 0.721. The Labute approximate surface area is 184 Å². The van der Waals surface area contributed by atoms with Gasteiger partial charge in [0.15, 0.2) is 0 Å². The molecule has 0 saturated carbocycles. The molecule has 4 rings (SSSR count). The summed E-state index contributed by atoms with van der Waals surface area (Å²) < 4.78 is 13.6. The molecule has 0 aliphatic heterocycles. The molecule has 2 heterocycles. The molecule has 0 radical (unpaired) electrons. The Kier molecular flexibility index (Phi) is 6.30. The standard InChI is InChI=1S/C23H23BrN4O2/c1-29-9-3-8-28-15-17(14-26-28)16-10-19(13-20(11-16)30-2)27-23-6-7-25-22-5-4-18(24)12-21(22)23/h4-7,10-15H,3,8-9H2,1-2H3,(H,25,27). The summed E-state index contributed by atoms with van der Waals surface area (Å²) in [6.45, 7) is 1.54. The molecular weight excluding hydrogens is 444 g/mol. The molecule has 0 atom stereocenters. The molecule has 0 bridgehead atoms. The highest BCUT2D eigenvalue weighted by Gasteiger charge is 2.09. The number of methoxy groups -OCH3 is 2. The maximum absolute atomic E-state index is 5.54. The molecular formula is C23H23BrN4O2. The average molecular weight is 467 g/mol. The number of pyridine rings is 1. The Morgan fingerprint density at radius 3 is 2.80 bits per heavy atom. The van der Waals surface area contributed by atoms with Crippen LogP contribution in [0.4, 0.5) is 11.4 Å². The molecule has 0 saturated heterocycles. The summed E-state index contributed by atoms with van der Waals surface area (Å²) in [4.78, 5) is 4.45. The van der Waals surface area contributed by atoms with E-state index in [4.69, 9.17) is 9.47 Å². The van der Waals surface area contributed by atoms with Crippen LogP contribution in [0.15, 0.2) is 65.5 Å². The van der Waals surface area contributed by atoms with Gasteiger partial charge in [-0.05, 0) is 48.4 Å². The van der Waals surface area contributed by atoms with E-state index in [0.29, 0.717) is 0 Å². The number of benzene rings is 2. The summed E-state index contributed by atoms with van der Waals surface area (Å²) >= 11 is 3.55. The number of rotatable bonds is 8. The largest absolute Gasteiger partial charge is 0.497 e. The summed E-state index contributed by atoms with van der Waals surface area (Å²) in [5, 5.41) is 9.04. The van der Waals surface area contributed by atoms with Crippen molar-refractivity contribution in [3.8, 4) is 16.9 Å². The fourth-order valence-corrected chi connectivity index (χ4v) is 3.71. The van der Waals surface area contributed by atoms with Gasteiger partial charge in [-0.1, -0.05) is 15.9 Å². The van der Waals surface area contributed by atoms with E-state index in [1.54, 1.807) is 14.2 Å². The first kappa shape index (κ1) is 20.4. The van der Waals surface area contributed by atoms with Gasteiger partial charge in [0.25, 0.3) is 0 Å². The van der Waals surface area contributed by atoms with Crippen LogP contribution in [0.5, 0.6) is 5.75 Å². The molecule has 0 amide bonds. The Balaban J connectivity index is 1.65. The van der Waals surface area contributed by atoms with Crippen molar-refractivity contribution in [2.75, 3.05) is 26.1 Å². The number of fused-ring (bicyclic) bond motifs is 1. The maximum atomic E-state index is 5.54. The van der Waals surface area contributed by atoms with Crippen molar-refractivity contribution >= 4 is 38.2 Å². The quantitative estimate of drug-likeness (QED) is 0.340. The van der Waals surface area contributed by atoms with Crippen molar-refractivity contribution in [1.29, 1.82) is 0 Å². The molecule has 6 nitrogen and oxygen atoms in total. The molecule has 4 aromatic rings. The van der Waals surface area contributed by atoms with Gasteiger partial charge in [-0.3, -0.25) is 9.67 Å². The highest BCUT2D eigenvalue weighted by Crippen LogP contribution is 2.32. The van der Waals surface area contributed by atoms with Crippen molar-refractivity contribution in [3.05, 3.63) is 65.5 Å². The lowest BCUT2D eigenvalue weighted by Crippen LogP contribution is -2.01. The Bertz CT molecular complexity index is 1160. The van der Waals surface area contributed by atoms with E-state index >= 15 is 0 Å². The van der Waals surface area contributed by atoms with Crippen molar-refractivity contribution in [2.24, 2.45) is 0 Å². The smallest absolute Gasteiger partial charge is 0.121 e. The second-order valence-electron chi connectivity index (χ2n) is 6.93. The first-order chi connectivity index (χ1) is 14.7. The third-order valence-corrected chi connectivity index (χ3v) is 5.32. The number of hydrogen-bond acceptors (Lipinski definition) is 5. The molecule has 0 spiro atoms. The number of nitrogens with one attached hydrogen (secondary N) is 1. The van der Waals surface area contributed by atoms with Crippen molar-refractivity contribution in [1.82, 2.24) is 14.8 Å². The Morgan fingerprint density at radius 2 is 1.97 bits per heavy atom. The number of ether oxygens (including phenoxy) is 2. The van der Waals surface area contributed by atoms with E-state index in [2.05, 4.69) is 43.5 Å². The van der Waals surface area contributed by atoms with Crippen LogP contribution in [-0.4, -0.2) is 35.6 Å². The first-order valence-electron chi connectivity index (χ1n) is 9.68. The lowest BCUT2D eigenvalue weighted by molar-refractivity contribution is 0.189. The second kappa shape index (κ2) is 9.28. The van der Waals surface area contributed by atoms with Gasteiger partial charge in [-0.2, -0.15) is 5.10 Å². The van der Waals surface area contributed by atoms with Crippen LogP contribution in [0.25, 0.3) is 22.0 Å². The highest BCUT2D eigenvalue weighted by molar-refractivity contribution is 9.10. The molecule has 2 aromatic carbocycles. The number of anilines is 2. The van der Waals surface area contributed by atoms with Crippen molar-refractivity contribution in [2.45, 2.75) is 13.0 Å². The number of nitrogens with zero attached hydrogens (tertiary/aromatic N) is 3. The van der Waals surface area contributed by atoms with Gasteiger partial charge >= 0.3 is 0 Å². The minimum atomic E-state index is 0.721. The zero-order chi connectivity index (χ0) is 20.9. The summed E-state index contributed by atoms with van der Waals surface area (Å²) in [6, 6.07) is 14.1.